The van der Waals surface area contributed by atoms with E-state index in [2.05, 4.69) is 26.2 Å². The molecule has 0 aliphatic heterocycles. The minimum Gasteiger partial charge on any atom is -0.481 e. The number of amides is 1. The largest absolute Gasteiger partial charge is 0.481 e. The average Bonchev–Trinajstić information content (AvgIpc) is 2.54. The molecule has 1 aliphatic carbocycles. The van der Waals surface area contributed by atoms with Gasteiger partial charge in [-0.15, -0.1) is 0 Å². The number of carboxylic acid groups (broad SMARTS) is 1. The van der Waals surface area contributed by atoms with Crippen LogP contribution in [-0.4, -0.2) is 22.0 Å². The van der Waals surface area contributed by atoms with Crippen LogP contribution in [0, 0.1) is 17.3 Å². The maximum absolute atomic E-state index is 11.9. The predicted molar refractivity (Wildman–Crippen MR) is 66.8 cm³/mol. The van der Waals surface area contributed by atoms with Crippen LogP contribution in [0.15, 0.2) is 9.98 Å². The first-order chi connectivity index (χ1) is 7.84. The summed E-state index contributed by atoms with van der Waals surface area (Å²) in [5.74, 6) is -2.28. The Labute approximate surface area is 110 Å². The third-order valence-corrected chi connectivity index (χ3v) is 4.48. The van der Waals surface area contributed by atoms with Crippen molar-refractivity contribution in [3.8, 4) is 0 Å². The number of aliphatic carboxylic acids is 1. The van der Waals surface area contributed by atoms with Gasteiger partial charge in [0.05, 0.1) is 21.8 Å². The second kappa shape index (κ2) is 4.06. The number of carboxylic acids is 1. The van der Waals surface area contributed by atoms with E-state index in [0.29, 0.717) is 5.13 Å². The summed E-state index contributed by atoms with van der Waals surface area (Å²) in [5, 5.41) is 12.1. The summed E-state index contributed by atoms with van der Waals surface area (Å²) >= 11 is 4.54. The zero-order valence-corrected chi connectivity index (χ0v) is 11.6. The molecule has 92 valence electrons. The molecule has 1 amide bonds. The lowest BCUT2D eigenvalue weighted by atomic mass is 10.1. The van der Waals surface area contributed by atoms with Gasteiger partial charge in [-0.1, -0.05) is 25.2 Å². The van der Waals surface area contributed by atoms with Gasteiger partial charge in [-0.25, -0.2) is 4.98 Å². The number of carbonyl (C=O) groups excluding carboxylic acids is 1. The highest BCUT2D eigenvalue weighted by Crippen LogP contribution is 2.58. The first-order valence-corrected chi connectivity index (χ1v) is 6.60. The monoisotopic (exact) mass is 318 g/mol. The molecule has 17 heavy (non-hydrogen) atoms. The van der Waals surface area contributed by atoms with E-state index in [1.807, 2.05) is 0 Å². The van der Waals surface area contributed by atoms with Gasteiger partial charge < -0.3 is 10.4 Å². The Bertz CT molecular complexity index is 486. The summed E-state index contributed by atoms with van der Waals surface area (Å²) in [6.45, 7) is 3.57. The number of rotatable bonds is 3. The van der Waals surface area contributed by atoms with E-state index in [-0.39, 0.29) is 5.91 Å². The molecule has 1 heterocycles. The van der Waals surface area contributed by atoms with E-state index in [4.69, 9.17) is 5.11 Å². The molecule has 2 atom stereocenters. The summed E-state index contributed by atoms with van der Waals surface area (Å²) in [4.78, 5) is 26.8. The van der Waals surface area contributed by atoms with Crippen LogP contribution in [0.1, 0.15) is 13.8 Å². The Morgan fingerprint density at radius 3 is 2.59 bits per heavy atom. The number of thiazole rings is 1. The van der Waals surface area contributed by atoms with Gasteiger partial charge in [0.2, 0.25) is 5.91 Å². The molecule has 0 radical (unpaired) electrons. The average molecular weight is 319 g/mol. The van der Waals surface area contributed by atoms with Crippen LogP contribution in [-0.2, 0) is 9.59 Å². The molecule has 1 fully saturated rings. The first-order valence-electron chi connectivity index (χ1n) is 4.99. The van der Waals surface area contributed by atoms with Crippen molar-refractivity contribution in [3.05, 3.63) is 9.98 Å². The third-order valence-electron chi connectivity index (χ3n) is 3.08. The van der Waals surface area contributed by atoms with Crippen molar-refractivity contribution in [1.82, 2.24) is 4.98 Å². The Morgan fingerprint density at radius 2 is 2.18 bits per heavy atom. The van der Waals surface area contributed by atoms with Crippen molar-refractivity contribution < 1.29 is 14.7 Å². The molecule has 2 rings (SSSR count). The highest BCUT2D eigenvalue weighted by Gasteiger charge is 2.65. The number of nitrogens with one attached hydrogen (secondary N) is 1. The Balaban J connectivity index is 2.05. The van der Waals surface area contributed by atoms with Crippen LogP contribution in [0.3, 0.4) is 0 Å². The van der Waals surface area contributed by atoms with Gasteiger partial charge in [0, 0.05) is 0 Å². The van der Waals surface area contributed by atoms with Crippen LogP contribution in [0.2, 0.25) is 0 Å². The standard InChI is InChI=1S/C10H11BrN2O3S/c1-10(2)5(6(10)8(15)16)7(14)13-9-12-3-4(11)17-9/h3,5-6H,1-2H3,(H,15,16)(H,12,13,14)/t5-,6+/m1/s1. The third kappa shape index (κ3) is 2.21. The molecule has 0 bridgehead atoms. The highest BCUT2D eigenvalue weighted by atomic mass is 79.9. The number of anilines is 1. The number of carbonyl (C=O) groups is 2. The van der Waals surface area contributed by atoms with Crippen LogP contribution in [0.4, 0.5) is 5.13 Å². The lowest BCUT2D eigenvalue weighted by Crippen LogP contribution is -2.17. The van der Waals surface area contributed by atoms with E-state index >= 15 is 0 Å². The van der Waals surface area contributed by atoms with Crippen LogP contribution < -0.4 is 5.32 Å². The van der Waals surface area contributed by atoms with Gasteiger partial charge in [-0.3, -0.25) is 9.59 Å². The highest BCUT2D eigenvalue weighted by molar-refractivity contribution is 9.11. The van der Waals surface area contributed by atoms with Crippen LogP contribution >= 0.6 is 27.3 Å². The summed E-state index contributed by atoms with van der Waals surface area (Å²) in [7, 11) is 0. The molecule has 1 aromatic heterocycles. The Hall–Kier alpha value is -0.950. The first kappa shape index (κ1) is 12.5. The molecule has 5 nitrogen and oxygen atoms in total. The van der Waals surface area contributed by atoms with E-state index in [0.717, 1.165) is 3.79 Å². The zero-order valence-electron chi connectivity index (χ0n) is 9.23. The second-order valence-corrected chi connectivity index (χ2v) is 6.98. The molecule has 0 spiro atoms. The summed E-state index contributed by atoms with van der Waals surface area (Å²) < 4.78 is 0.817. The molecule has 0 unspecified atom stereocenters. The minimum absolute atomic E-state index is 0.274. The normalized spacial score (nSPS) is 25.4. The van der Waals surface area contributed by atoms with E-state index < -0.39 is 23.2 Å². The Kier molecular flexibility index (Phi) is 2.99. The maximum Gasteiger partial charge on any atom is 0.307 e. The van der Waals surface area contributed by atoms with Crippen molar-refractivity contribution in [1.29, 1.82) is 0 Å². The molecule has 7 heteroatoms. The van der Waals surface area contributed by atoms with Crippen molar-refractivity contribution in [2.75, 3.05) is 5.32 Å². The predicted octanol–water partition coefficient (Wildman–Crippen LogP) is 2.20. The summed E-state index contributed by atoms with van der Waals surface area (Å²) in [6, 6.07) is 0. The van der Waals surface area contributed by atoms with Gasteiger partial charge in [0.25, 0.3) is 0 Å². The zero-order chi connectivity index (χ0) is 12.8. The maximum atomic E-state index is 11.9. The molecule has 2 N–H and O–H groups in total. The minimum atomic E-state index is -0.921. The second-order valence-electron chi connectivity index (χ2n) is 4.57. The lowest BCUT2D eigenvalue weighted by Gasteiger charge is -2.01. The van der Waals surface area contributed by atoms with Crippen LogP contribution in [0.5, 0.6) is 0 Å². The molecular weight excluding hydrogens is 308 g/mol. The molecule has 1 aromatic rings. The lowest BCUT2D eigenvalue weighted by molar-refractivity contribution is -0.140. The summed E-state index contributed by atoms with van der Waals surface area (Å²) in [5.41, 5.74) is -0.482. The van der Waals surface area contributed by atoms with Crippen molar-refractivity contribution >= 4 is 44.3 Å². The number of hydrogen-bond donors (Lipinski definition) is 2. The van der Waals surface area contributed by atoms with Gasteiger partial charge in [0.15, 0.2) is 5.13 Å². The van der Waals surface area contributed by atoms with E-state index in [1.165, 1.54) is 11.3 Å². The number of aromatic nitrogens is 1. The fourth-order valence-electron chi connectivity index (χ4n) is 2.08. The molecule has 0 saturated heterocycles. The fraction of sp³-hybridized carbons (Fsp3) is 0.500. The molecule has 1 saturated carbocycles. The van der Waals surface area contributed by atoms with Crippen molar-refractivity contribution in [2.45, 2.75) is 13.8 Å². The molecular formula is C10H11BrN2O3S. The van der Waals surface area contributed by atoms with Gasteiger partial charge in [0.1, 0.15) is 0 Å². The van der Waals surface area contributed by atoms with Gasteiger partial charge in [-0.05, 0) is 21.3 Å². The molecule has 0 aromatic carbocycles. The quantitative estimate of drug-likeness (QED) is 0.895. The van der Waals surface area contributed by atoms with E-state index in [1.54, 1.807) is 20.0 Å². The number of halogens is 1. The number of hydrogen-bond acceptors (Lipinski definition) is 4. The Morgan fingerprint density at radius 1 is 1.53 bits per heavy atom. The number of nitrogens with zero attached hydrogens (tertiary/aromatic N) is 1. The van der Waals surface area contributed by atoms with Gasteiger partial charge >= 0.3 is 5.97 Å². The van der Waals surface area contributed by atoms with Crippen LogP contribution in [0.25, 0.3) is 0 Å². The topological polar surface area (TPSA) is 79.3 Å². The molecule has 1 aliphatic rings. The van der Waals surface area contributed by atoms with Gasteiger partial charge in [-0.2, -0.15) is 0 Å². The SMILES string of the molecule is CC1(C)[C@H](C(=O)O)[C@@H]1C(=O)Nc1ncc(Br)s1. The fourth-order valence-corrected chi connectivity index (χ4v) is 3.19. The van der Waals surface area contributed by atoms with E-state index in [9.17, 15) is 9.59 Å². The summed E-state index contributed by atoms with van der Waals surface area (Å²) in [6.07, 6.45) is 1.59. The van der Waals surface area contributed by atoms with Crippen molar-refractivity contribution in [3.63, 3.8) is 0 Å². The van der Waals surface area contributed by atoms with Crippen molar-refractivity contribution in [2.24, 2.45) is 17.3 Å². The smallest absolute Gasteiger partial charge is 0.307 e.